The number of hydrogen-bond donors (Lipinski definition) is 2. The van der Waals surface area contributed by atoms with Gasteiger partial charge in [0.25, 0.3) is 5.91 Å². The summed E-state index contributed by atoms with van der Waals surface area (Å²) >= 11 is 6.44. The largest absolute Gasteiger partial charge is 0.490 e. The number of nitrogens with zero attached hydrogens (tertiary/aromatic N) is 1. The summed E-state index contributed by atoms with van der Waals surface area (Å²) in [5, 5.41) is 5.01. The van der Waals surface area contributed by atoms with Gasteiger partial charge in [-0.3, -0.25) is 4.79 Å². The molecule has 0 saturated heterocycles. The first-order chi connectivity index (χ1) is 20.9. The van der Waals surface area contributed by atoms with E-state index < -0.39 is 17.7 Å². The van der Waals surface area contributed by atoms with Crippen LogP contribution < -0.4 is 24.4 Å². The molecule has 1 aliphatic heterocycles. The fraction of sp³-hybridized carbons (Fsp3) is 0.0938. The number of nitrogens with one attached hydrogen (secondary N) is 2. The SMILES string of the molecule is CCOc1cc(C=NNC(=O)c2[nH]c3ccc(F)cc3c2-c2ccccc2Cl)ccc1OC(=O)c1ccc2c(c1)OCO2. The number of benzene rings is 4. The van der Waals surface area contributed by atoms with Crippen LogP contribution in [0.2, 0.25) is 5.02 Å². The summed E-state index contributed by atoms with van der Waals surface area (Å²) in [6.45, 7) is 2.21. The molecule has 5 aromatic rings. The van der Waals surface area contributed by atoms with E-state index in [1.165, 1.54) is 18.3 Å². The molecule has 6 rings (SSSR count). The first kappa shape index (κ1) is 27.8. The molecule has 2 heterocycles. The maximum Gasteiger partial charge on any atom is 0.343 e. The highest BCUT2D eigenvalue weighted by molar-refractivity contribution is 6.34. The number of hydrogen-bond acceptors (Lipinski definition) is 7. The molecule has 9 nitrogen and oxygen atoms in total. The Bertz CT molecular complexity index is 1900. The lowest BCUT2D eigenvalue weighted by atomic mass is 10.0. The number of esters is 1. The van der Waals surface area contributed by atoms with Crippen LogP contribution in [0.15, 0.2) is 84.0 Å². The van der Waals surface area contributed by atoms with Crippen LogP contribution in [0, 0.1) is 5.82 Å². The van der Waals surface area contributed by atoms with Crippen LogP contribution in [0.1, 0.15) is 33.3 Å². The Labute approximate surface area is 249 Å². The van der Waals surface area contributed by atoms with Crippen molar-refractivity contribution in [2.24, 2.45) is 5.10 Å². The van der Waals surface area contributed by atoms with Crippen molar-refractivity contribution < 1.29 is 32.9 Å². The molecule has 1 aromatic heterocycles. The number of carbonyl (C=O) groups is 2. The number of fused-ring (bicyclic) bond motifs is 2. The van der Waals surface area contributed by atoms with Crippen molar-refractivity contribution in [2.45, 2.75) is 6.92 Å². The van der Waals surface area contributed by atoms with Crippen molar-refractivity contribution in [3.8, 4) is 34.1 Å². The molecule has 11 heteroatoms. The summed E-state index contributed by atoms with van der Waals surface area (Å²) in [5.74, 6) is -0.0547. The molecule has 4 aromatic carbocycles. The van der Waals surface area contributed by atoms with Crippen molar-refractivity contribution >= 4 is 40.6 Å². The lowest BCUT2D eigenvalue weighted by Crippen LogP contribution is -2.19. The van der Waals surface area contributed by atoms with Crippen molar-refractivity contribution in [2.75, 3.05) is 13.4 Å². The molecule has 43 heavy (non-hydrogen) atoms. The topological polar surface area (TPSA) is 111 Å². The summed E-state index contributed by atoms with van der Waals surface area (Å²) in [6, 6.07) is 20.8. The van der Waals surface area contributed by atoms with E-state index in [9.17, 15) is 14.0 Å². The lowest BCUT2D eigenvalue weighted by molar-refractivity contribution is 0.0727. The number of halogens is 2. The second kappa shape index (κ2) is 11.9. The van der Waals surface area contributed by atoms with Crippen LogP contribution in [0.4, 0.5) is 4.39 Å². The third-order valence-electron chi connectivity index (χ3n) is 6.59. The number of aromatic amines is 1. The molecule has 0 atom stereocenters. The molecule has 0 radical (unpaired) electrons. The third-order valence-corrected chi connectivity index (χ3v) is 6.92. The summed E-state index contributed by atoms with van der Waals surface area (Å²) < 4.78 is 36.0. The maximum absolute atomic E-state index is 14.1. The molecule has 0 spiro atoms. The molecule has 0 bridgehead atoms. The van der Waals surface area contributed by atoms with Gasteiger partial charge in [0, 0.05) is 27.1 Å². The second-order valence-corrected chi connectivity index (χ2v) is 9.75. The first-order valence-corrected chi connectivity index (χ1v) is 13.6. The predicted molar refractivity (Wildman–Crippen MR) is 159 cm³/mol. The van der Waals surface area contributed by atoms with Crippen LogP contribution >= 0.6 is 11.6 Å². The number of carbonyl (C=O) groups excluding carboxylic acids is 2. The Balaban J connectivity index is 1.21. The van der Waals surface area contributed by atoms with Gasteiger partial charge in [0.15, 0.2) is 23.0 Å². The van der Waals surface area contributed by atoms with E-state index in [0.29, 0.717) is 56.5 Å². The van der Waals surface area contributed by atoms with E-state index in [-0.39, 0.29) is 23.8 Å². The quantitative estimate of drug-likeness (QED) is 0.0884. The standard InChI is InChI=1S/C32H23ClFN3O6/c1-2-40-27-13-18(7-11-26(27)43-32(39)19-8-12-25-28(14-19)42-17-41-25)16-35-37-31(38)30-29(21-5-3-4-6-23(21)33)22-15-20(34)9-10-24(22)36-30/h3-16,36H,2,17H2,1H3,(H,37,38). The van der Waals surface area contributed by atoms with E-state index in [2.05, 4.69) is 15.5 Å². The summed E-state index contributed by atoms with van der Waals surface area (Å²) in [6.07, 6.45) is 1.42. The summed E-state index contributed by atoms with van der Waals surface area (Å²) in [5.41, 5.74) is 5.13. The highest BCUT2D eigenvalue weighted by atomic mass is 35.5. The van der Waals surface area contributed by atoms with E-state index >= 15 is 0 Å². The van der Waals surface area contributed by atoms with Gasteiger partial charge in [-0.2, -0.15) is 5.10 Å². The molecule has 2 N–H and O–H groups in total. The van der Waals surface area contributed by atoms with Crippen LogP contribution in [0.3, 0.4) is 0 Å². The fourth-order valence-corrected chi connectivity index (χ4v) is 4.87. The first-order valence-electron chi connectivity index (χ1n) is 13.2. The minimum Gasteiger partial charge on any atom is -0.490 e. The molecule has 1 aliphatic rings. The Hall–Kier alpha value is -5.35. The number of H-pyrrole nitrogens is 1. The van der Waals surface area contributed by atoms with Gasteiger partial charge in [0.1, 0.15) is 11.5 Å². The number of ether oxygens (including phenoxy) is 4. The van der Waals surface area contributed by atoms with Gasteiger partial charge >= 0.3 is 5.97 Å². The Morgan fingerprint density at radius 2 is 1.86 bits per heavy atom. The predicted octanol–water partition coefficient (Wildman–Crippen LogP) is 6.74. The van der Waals surface area contributed by atoms with E-state index in [1.807, 2.05) is 0 Å². The van der Waals surface area contributed by atoms with Crippen molar-refractivity contribution in [1.82, 2.24) is 10.4 Å². The third kappa shape index (κ3) is 5.73. The molecule has 0 fully saturated rings. The van der Waals surface area contributed by atoms with Crippen molar-refractivity contribution in [3.05, 3.63) is 107 Å². The minimum atomic E-state index is -0.597. The summed E-state index contributed by atoms with van der Waals surface area (Å²) in [4.78, 5) is 29.1. The van der Waals surface area contributed by atoms with Crippen molar-refractivity contribution in [3.63, 3.8) is 0 Å². The number of aromatic nitrogens is 1. The number of amides is 1. The van der Waals surface area contributed by atoms with Gasteiger partial charge in [-0.25, -0.2) is 14.6 Å². The minimum absolute atomic E-state index is 0.0933. The van der Waals surface area contributed by atoms with Gasteiger partial charge in [-0.05, 0) is 73.2 Å². The molecule has 0 unspecified atom stereocenters. The number of hydrazone groups is 1. The molecule has 1 amide bonds. The van der Waals surface area contributed by atoms with E-state index in [0.717, 1.165) is 0 Å². The Kier molecular flexibility index (Phi) is 7.67. The molecule has 0 saturated carbocycles. The molecule has 0 aliphatic carbocycles. The normalized spacial score (nSPS) is 12.1. The fourth-order valence-electron chi connectivity index (χ4n) is 4.64. The van der Waals surface area contributed by atoms with Gasteiger partial charge in [0.05, 0.1) is 18.4 Å². The lowest BCUT2D eigenvalue weighted by Gasteiger charge is -2.11. The zero-order chi connectivity index (χ0) is 29.9. The monoisotopic (exact) mass is 599 g/mol. The highest BCUT2D eigenvalue weighted by Crippen LogP contribution is 2.37. The van der Waals surface area contributed by atoms with Gasteiger partial charge in [0.2, 0.25) is 6.79 Å². The maximum atomic E-state index is 14.1. The zero-order valence-corrected chi connectivity index (χ0v) is 23.4. The number of rotatable bonds is 8. The van der Waals surface area contributed by atoms with Crippen LogP contribution in [0.25, 0.3) is 22.0 Å². The van der Waals surface area contributed by atoms with Crippen LogP contribution in [-0.4, -0.2) is 36.5 Å². The van der Waals surface area contributed by atoms with Crippen molar-refractivity contribution in [1.29, 1.82) is 0 Å². The van der Waals surface area contributed by atoms with E-state index in [1.54, 1.807) is 73.7 Å². The van der Waals surface area contributed by atoms with Crippen LogP contribution in [0.5, 0.6) is 23.0 Å². The Morgan fingerprint density at radius 3 is 2.70 bits per heavy atom. The second-order valence-electron chi connectivity index (χ2n) is 9.34. The molecular formula is C32H23ClFN3O6. The Morgan fingerprint density at radius 1 is 1.02 bits per heavy atom. The average molecular weight is 600 g/mol. The van der Waals surface area contributed by atoms with E-state index in [4.69, 9.17) is 30.5 Å². The van der Waals surface area contributed by atoms with Crippen LogP contribution in [-0.2, 0) is 0 Å². The zero-order valence-electron chi connectivity index (χ0n) is 22.6. The average Bonchev–Trinajstić information content (AvgIpc) is 3.63. The van der Waals surface area contributed by atoms with Gasteiger partial charge in [-0.15, -0.1) is 0 Å². The van der Waals surface area contributed by atoms with Gasteiger partial charge in [-0.1, -0.05) is 29.8 Å². The molecule has 216 valence electrons. The summed E-state index contributed by atoms with van der Waals surface area (Å²) in [7, 11) is 0. The molecular weight excluding hydrogens is 577 g/mol. The smallest absolute Gasteiger partial charge is 0.343 e. The van der Waals surface area contributed by atoms with Gasteiger partial charge < -0.3 is 23.9 Å². The highest BCUT2D eigenvalue weighted by Gasteiger charge is 2.22.